The van der Waals surface area contributed by atoms with E-state index < -0.39 is 0 Å². The number of amides is 1. The summed E-state index contributed by atoms with van der Waals surface area (Å²) >= 11 is 1.63. The van der Waals surface area contributed by atoms with Gasteiger partial charge in [0.25, 0.3) is 0 Å². The van der Waals surface area contributed by atoms with Gasteiger partial charge in [-0.2, -0.15) is 0 Å². The Morgan fingerprint density at radius 2 is 2.00 bits per heavy atom. The van der Waals surface area contributed by atoms with Gasteiger partial charge in [-0.1, -0.05) is 6.07 Å². The molecule has 0 aliphatic carbocycles. The summed E-state index contributed by atoms with van der Waals surface area (Å²) in [6.45, 7) is 6.96. The summed E-state index contributed by atoms with van der Waals surface area (Å²) in [4.78, 5) is 20.9. The smallest absolute Gasteiger partial charge is 0.246 e. The average molecular weight is 388 g/mol. The molecule has 1 aliphatic heterocycles. The molecule has 0 bridgehead atoms. The molecule has 27 heavy (non-hydrogen) atoms. The Bertz CT molecular complexity index is 782. The highest BCUT2D eigenvalue weighted by molar-refractivity contribution is 7.13. The molecular weight excluding hydrogens is 362 g/mol. The van der Waals surface area contributed by atoms with E-state index in [1.807, 2.05) is 54.6 Å². The lowest BCUT2D eigenvalue weighted by Crippen LogP contribution is -2.48. The van der Waals surface area contributed by atoms with Crippen LogP contribution in [0.25, 0.3) is 6.08 Å². The summed E-state index contributed by atoms with van der Waals surface area (Å²) in [5, 5.41) is 3.00. The van der Waals surface area contributed by atoms with Crippen LogP contribution in [0.2, 0.25) is 0 Å². The van der Waals surface area contributed by atoms with Crippen molar-refractivity contribution in [3.63, 3.8) is 0 Å². The lowest BCUT2D eigenvalue weighted by molar-refractivity contribution is -0.126. The minimum Gasteiger partial charge on any atom is -0.493 e. The molecule has 2 heterocycles. The largest absolute Gasteiger partial charge is 0.493 e. The molecule has 7 heteroatoms. The molecule has 1 aromatic carbocycles. The summed E-state index contributed by atoms with van der Waals surface area (Å²) < 4.78 is 11.1. The highest BCUT2D eigenvalue weighted by Crippen LogP contribution is 2.29. The summed E-state index contributed by atoms with van der Waals surface area (Å²) in [6.07, 6.45) is 5.32. The molecule has 1 saturated heterocycles. The zero-order valence-electron chi connectivity index (χ0n) is 15.9. The Hall–Kier alpha value is -2.54. The van der Waals surface area contributed by atoms with Crippen LogP contribution in [-0.2, 0) is 4.79 Å². The Labute approximate surface area is 164 Å². The van der Waals surface area contributed by atoms with E-state index in [1.54, 1.807) is 24.5 Å². The fraction of sp³-hybridized carbons (Fsp3) is 0.400. The van der Waals surface area contributed by atoms with Crippen LogP contribution < -0.4 is 14.4 Å². The van der Waals surface area contributed by atoms with Gasteiger partial charge in [-0.15, -0.1) is 11.3 Å². The Morgan fingerprint density at radius 1 is 1.22 bits per heavy atom. The van der Waals surface area contributed by atoms with Crippen molar-refractivity contribution >= 4 is 28.5 Å². The quantitative estimate of drug-likeness (QED) is 0.712. The number of hydrogen-bond acceptors (Lipinski definition) is 6. The molecule has 1 fully saturated rings. The first-order chi connectivity index (χ1) is 13.1. The normalized spacial score (nSPS) is 14.8. The van der Waals surface area contributed by atoms with Crippen LogP contribution in [0, 0.1) is 0 Å². The molecule has 0 atom stereocenters. The van der Waals surface area contributed by atoms with Crippen molar-refractivity contribution in [2.24, 2.45) is 0 Å². The number of hydrogen-bond donors (Lipinski definition) is 0. The van der Waals surface area contributed by atoms with E-state index in [1.165, 1.54) is 0 Å². The van der Waals surface area contributed by atoms with Crippen LogP contribution in [0.1, 0.15) is 19.4 Å². The molecule has 6 nitrogen and oxygen atoms in total. The Kier molecular flexibility index (Phi) is 6.34. The van der Waals surface area contributed by atoms with Crippen molar-refractivity contribution in [2.75, 3.05) is 38.2 Å². The number of thiazole rings is 1. The number of aromatic nitrogens is 1. The van der Waals surface area contributed by atoms with Crippen molar-refractivity contribution in [3.05, 3.63) is 41.4 Å². The third-order valence-electron chi connectivity index (χ3n) is 4.25. The van der Waals surface area contributed by atoms with E-state index in [9.17, 15) is 4.79 Å². The highest BCUT2D eigenvalue weighted by Gasteiger charge is 2.20. The predicted molar refractivity (Wildman–Crippen MR) is 109 cm³/mol. The zero-order chi connectivity index (χ0) is 19.2. The minimum atomic E-state index is 0.0234. The molecule has 0 saturated carbocycles. The van der Waals surface area contributed by atoms with Crippen LogP contribution in [0.3, 0.4) is 0 Å². The first-order valence-corrected chi connectivity index (χ1v) is 9.91. The van der Waals surface area contributed by atoms with Gasteiger partial charge in [0.2, 0.25) is 5.91 Å². The third kappa shape index (κ3) is 5.01. The lowest BCUT2D eigenvalue weighted by atomic mass is 10.1. The van der Waals surface area contributed by atoms with E-state index in [0.29, 0.717) is 24.6 Å². The molecule has 0 unspecified atom stereocenters. The fourth-order valence-corrected chi connectivity index (χ4v) is 3.60. The van der Waals surface area contributed by atoms with Gasteiger partial charge < -0.3 is 19.3 Å². The summed E-state index contributed by atoms with van der Waals surface area (Å²) in [6, 6.07) is 5.67. The van der Waals surface area contributed by atoms with Gasteiger partial charge in [0.05, 0.1) is 13.2 Å². The van der Waals surface area contributed by atoms with Gasteiger partial charge in [-0.3, -0.25) is 4.79 Å². The first-order valence-electron chi connectivity index (χ1n) is 9.03. The molecule has 1 aromatic heterocycles. The van der Waals surface area contributed by atoms with E-state index in [4.69, 9.17) is 9.47 Å². The maximum atomic E-state index is 12.5. The molecular formula is C20H25N3O3S. The zero-order valence-corrected chi connectivity index (χ0v) is 16.7. The second-order valence-corrected chi connectivity index (χ2v) is 7.41. The molecule has 1 amide bonds. The van der Waals surface area contributed by atoms with Gasteiger partial charge in [-0.05, 0) is 37.6 Å². The number of nitrogens with zero attached hydrogens (tertiary/aromatic N) is 3. The van der Waals surface area contributed by atoms with Crippen molar-refractivity contribution in [3.8, 4) is 11.5 Å². The van der Waals surface area contributed by atoms with E-state index in [-0.39, 0.29) is 12.0 Å². The van der Waals surface area contributed by atoms with Crippen LogP contribution >= 0.6 is 11.3 Å². The topological polar surface area (TPSA) is 54.9 Å². The summed E-state index contributed by atoms with van der Waals surface area (Å²) in [5.74, 6) is 1.39. The van der Waals surface area contributed by atoms with E-state index in [0.717, 1.165) is 23.8 Å². The van der Waals surface area contributed by atoms with Gasteiger partial charge >= 0.3 is 0 Å². The van der Waals surface area contributed by atoms with Crippen molar-refractivity contribution in [1.29, 1.82) is 0 Å². The molecule has 2 aromatic rings. The minimum absolute atomic E-state index is 0.0234. The maximum Gasteiger partial charge on any atom is 0.246 e. The Balaban J connectivity index is 1.58. The second kappa shape index (κ2) is 8.90. The number of carbonyl (C=O) groups is 1. The Morgan fingerprint density at radius 3 is 2.63 bits per heavy atom. The van der Waals surface area contributed by atoms with Crippen molar-refractivity contribution < 1.29 is 14.3 Å². The molecule has 144 valence electrons. The number of anilines is 1. The fourth-order valence-electron chi connectivity index (χ4n) is 2.90. The van der Waals surface area contributed by atoms with Crippen molar-refractivity contribution in [2.45, 2.75) is 20.0 Å². The lowest BCUT2D eigenvalue weighted by Gasteiger charge is -2.34. The van der Waals surface area contributed by atoms with Crippen LogP contribution in [-0.4, -0.2) is 55.2 Å². The van der Waals surface area contributed by atoms with Crippen LogP contribution in [0.5, 0.6) is 11.5 Å². The van der Waals surface area contributed by atoms with Gasteiger partial charge in [0.15, 0.2) is 16.6 Å². The van der Waals surface area contributed by atoms with E-state index >= 15 is 0 Å². The molecule has 0 N–H and O–H groups in total. The molecule has 0 radical (unpaired) electrons. The molecule has 0 spiro atoms. The SMILES string of the molecule is COc1cc(/C=C/C(=O)N2CCN(c3nccs3)CC2)ccc1OC(C)C. The first kappa shape index (κ1) is 19.2. The number of carbonyl (C=O) groups excluding carboxylic acids is 1. The number of benzene rings is 1. The highest BCUT2D eigenvalue weighted by atomic mass is 32.1. The molecule has 1 aliphatic rings. The standard InChI is InChI=1S/C20H25N3O3S/c1-15(2)26-17-6-4-16(14-18(17)25-3)5-7-19(24)22-9-11-23(12-10-22)20-21-8-13-27-20/h4-8,13-15H,9-12H2,1-3H3/b7-5+. The maximum absolute atomic E-state index is 12.5. The number of rotatable bonds is 6. The monoisotopic (exact) mass is 387 g/mol. The number of piperazine rings is 1. The second-order valence-electron chi connectivity index (χ2n) is 6.54. The molecule has 3 rings (SSSR count). The van der Waals surface area contributed by atoms with E-state index in [2.05, 4.69) is 9.88 Å². The average Bonchev–Trinajstić information content (AvgIpc) is 3.21. The van der Waals surface area contributed by atoms with Crippen molar-refractivity contribution in [1.82, 2.24) is 9.88 Å². The van der Waals surface area contributed by atoms with Gasteiger partial charge in [-0.25, -0.2) is 4.98 Å². The van der Waals surface area contributed by atoms with Gasteiger partial charge in [0, 0.05) is 43.8 Å². The summed E-state index contributed by atoms with van der Waals surface area (Å²) in [5.41, 5.74) is 0.901. The summed E-state index contributed by atoms with van der Waals surface area (Å²) in [7, 11) is 1.61. The number of ether oxygens (including phenoxy) is 2. The predicted octanol–water partition coefficient (Wildman–Crippen LogP) is 3.30. The van der Waals surface area contributed by atoms with Crippen LogP contribution in [0.4, 0.5) is 5.13 Å². The van der Waals surface area contributed by atoms with Gasteiger partial charge in [0.1, 0.15) is 0 Å². The third-order valence-corrected chi connectivity index (χ3v) is 5.08. The number of methoxy groups -OCH3 is 1. The van der Waals surface area contributed by atoms with Crippen LogP contribution in [0.15, 0.2) is 35.9 Å².